The molecule has 0 saturated heterocycles. The van der Waals surface area contributed by atoms with Crippen molar-refractivity contribution in [2.24, 2.45) is 5.73 Å². The molecule has 0 radical (unpaired) electrons. The second-order valence-corrected chi connectivity index (χ2v) is 6.23. The van der Waals surface area contributed by atoms with Gasteiger partial charge in [-0.15, -0.1) is 0 Å². The van der Waals surface area contributed by atoms with Crippen LogP contribution < -0.4 is 5.73 Å². The van der Waals surface area contributed by atoms with Gasteiger partial charge in [0.1, 0.15) is 0 Å². The molecule has 0 aliphatic carbocycles. The van der Waals surface area contributed by atoms with Crippen LogP contribution in [0.15, 0.2) is 29.2 Å². The molecule has 4 heteroatoms. The van der Waals surface area contributed by atoms with E-state index in [9.17, 15) is 8.42 Å². The van der Waals surface area contributed by atoms with Crippen LogP contribution in [0.2, 0.25) is 0 Å². The smallest absolute Gasteiger partial charge is 0.178 e. The first-order chi connectivity index (χ1) is 7.51. The third-order valence-corrected chi connectivity index (χ3v) is 4.54. The summed E-state index contributed by atoms with van der Waals surface area (Å²) in [6.45, 7) is 4.40. The molecule has 0 heterocycles. The molecule has 0 aromatic heterocycles. The summed E-state index contributed by atoms with van der Waals surface area (Å²) < 4.78 is 23.2. The van der Waals surface area contributed by atoms with Crippen LogP contribution in [0, 0.1) is 0 Å². The van der Waals surface area contributed by atoms with Crippen molar-refractivity contribution in [1.82, 2.24) is 0 Å². The summed E-state index contributed by atoms with van der Waals surface area (Å²) in [6.07, 6.45) is 0.917. The summed E-state index contributed by atoms with van der Waals surface area (Å²) in [5.74, 6) is 0.522. The van der Waals surface area contributed by atoms with Crippen molar-refractivity contribution in [3.63, 3.8) is 0 Å². The minimum atomic E-state index is -3.08. The summed E-state index contributed by atoms with van der Waals surface area (Å²) in [4.78, 5) is 0.402. The van der Waals surface area contributed by atoms with Crippen molar-refractivity contribution in [2.75, 3.05) is 12.3 Å². The van der Waals surface area contributed by atoms with E-state index in [1.807, 2.05) is 12.1 Å². The molecular weight excluding hydrogens is 222 g/mol. The maximum absolute atomic E-state index is 11.6. The highest BCUT2D eigenvalue weighted by atomic mass is 32.2. The van der Waals surface area contributed by atoms with E-state index in [-0.39, 0.29) is 5.75 Å². The zero-order chi connectivity index (χ0) is 12.2. The first-order valence-electron chi connectivity index (χ1n) is 5.54. The Balaban J connectivity index is 2.91. The molecule has 1 unspecified atom stereocenters. The third-order valence-electron chi connectivity index (χ3n) is 2.79. The average molecular weight is 241 g/mol. The topological polar surface area (TPSA) is 60.2 Å². The molecule has 0 bridgehead atoms. The third kappa shape index (κ3) is 3.06. The second-order valence-electron chi connectivity index (χ2n) is 3.95. The summed E-state index contributed by atoms with van der Waals surface area (Å²) in [5, 5.41) is 0. The molecule has 0 spiro atoms. The van der Waals surface area contributed by atoms with E-state index in [1.54, 1.807) is 19.1 Å². The van der Waals surface area contributed by atoms with Gasteiger partial charge in [0.25, 0.3) is 0 Å². The van der Waals surface area contributed by atoms with Gasteiger partial charge in [-0.3, -0.25) is 0 Å². The number of hydrogen-bond donors (Lipinski definition) is 1. The van der Waals surface area contributed by atoms with Crippen LogP contribution in [0.4, 0.5) is 0 Å². The fourth-order valence-electron chi connectivity index (χ4n) is 1.59. The van der Waals surface area contributed by atoms with Crippen LogP contribution in [0.25, 0.3) is 0 Å². The Morgan fingerprint density at radius 2 is 1.81 bits per heavy atom. The van der Waals surface area contributed by atoms with Crippen LogP contribution in [-0.2, 0) is 9.84 Å². The predicted octanol–water partition coefficient (Wildman–Crippen LogP) is 1.93. The molecule has 90 valence electrons. The molecule has 2 N–H and O–H groups in total. The van der Waals surface area contributed by atoms with Crippen molar-refractivity contribution in [1.29, 1.82) is 0 Å². The monoisotopic (exact) mass is 241 g/mol. The van der Waals surface area contributed by atoms with Crippen LogP contribution in [-0.4, -0.2) is 20.7 Å². The Morgan fingerprint density at radius 1 is 1.25 bits per heavy atom. The van der Waals surface area contributed by atoms with Gasteiger partial charge < -0.3 is 5.73 Å². The maximum atomic E-state index is 11.6. The van der Waals surface area contributed by atoms with E-state index in [0.717, 1.165) is 12.0 Å². The quantitative estimate of drug-likeness (QED) is 0.857. The standard InChI is InChI=1S/C12H19NO2S/c1-3-16(14,15)12-6-4-11(5-7-12)10(2)8-9-13/h4-7,10H,3,8-9,13H2,1-2H3. The first-order valence-corrected chi connectivity index (χ1v) is 7.19. The molecule has 3 nitrogen and oxygen atoms in total. The molecule has 0 aliphatic heterocycles. The Labute approximate surface area is 97.6 Å². The normalized spacial score (nSPS) is 13.7. The minimum absolute atomic E-state index is 0.144. The number of sulfone groups is 1. The van der Waals surface area contributed by atoms with E-state index in [1.165, 1.54) is 0 Å². The second kappa shape index (κ2) is 5.46. The van der Waals surface area contributed by atoms with Crippen LogP contribution in [0.1, 0.15) is 31.7 Å². The maximum Gasteiger partial charge on any atom is 0.178 e. The van der Waals surface area contributed by atoms with Crippen LogP contribution in [0.3, 0.4) is 0 Å². The molecule has 1 aromatic rings. The summed E-state index contributed by atoms with van der Waals surface area (Å²) >= 11 is 0. The van der Waals surface area contributed by atoms with Crippen LogP contribution in [0.5, 0.6) is 0 Å². The molecule has 1 rings (SSSR count). The van der Waals surface area contributed by atoms with E-state index in [0.29, 0.717) is 17.4 Å². The lowest BCUT2D eigenvalue weighted by Gasteiger charge is -2.11. The van der Waals surface area contributed by atoms with Crippen LogP contribution >= 0.6 is 0 Å². The van der Waals surface area contributed by atoms with Gasteiger partial charge in [-0.25, -0.2) is 8.42 Å². The minimum Gasteiger partial charge on any atom is -0.330 e. The highest BCUT2D eigenvalue weighted by Crippen LogP contribution is 2.20. The Morgan fingerprint density at radius 3 is 2.25 bits per heavy atom. The zero-order valence-corrected chi connectivity index (χ0v) is 10.6. The SMILES string of the molecule is CCS(=O)(=O)c1ccc(C(C)CCN)cc1. The molecule has 0 fully saturated rings. The largest absolute Gasteiger partial charge is 0.330 e. The Kier molecular flexibility index (Phi) is 4.50. The number of benzene rings is 1. The number of hydrogen-bond acceptors (Lipinski definition) is 3. The first kappa shape index (κ1) is 13.2. The van der Waals surface area contributed by atoms with Gasteiger partial charge >= 0.3 is 0 Å². The van der Waals surface area contributed by atoms with Crippen molar-refractivity contribution in [3.05, 3.63) is 29.8 Å². The van der Waals surface area contributed by atoms with E-state index in [2.05, 4.69) is 6.92 Å². The van der Waals surface area contributed by atoms with Gasteiger partial charge in [0.15, 0.2) is 9.84 Å². The molecule has 0 saturated carbocycles. The molecular formula is C12H19NO2S. The van der Waals surface area contributed by atoms with Crippen molar-refractivity contribution in [2.45, 2.75) is 31.1 Å². The fourth-order valence-corrected chi connectivity index (χ4v) is 2.47. The Bertz CT molecular complexity index is 423. The average Bonchev–Trinajstić information content (AvgIpc) is 2.29. The molecule has 1 aromatic carbocycles. The molecule has 1 atom stereocenters. The van der Waals surface area contributed by atoms with Gasteiger partial charge in [-0.05, 0) is 36.6 Å². The van der Waals surface area contributed by atoms with E-state index < -0.39 is 9.84 Å². The summed E-state index contributed by atoms with van der Waals surface area (Å²) in [7, 11) is -3.08. The lowest BCUT2D eigenvalue weighted by molar-refractivity contribution is 0.597. The Hall–Kier alpha value is -0.870. The van der Waals surface area contributed by atoms with E-state index in [4.69, 9.17) is 5.73 Å². The van der Waals surface area contributed by atoms with Gasteiger partial charge in [0.05, 0.1) is 10.6 Å². The van der Waals surface area contributed by atoms with E-state index >= 15 is 0 Å². The number of rotatable bonds is 5. The predicted molar refractivity (Wildman–Crippen MR) is 66.3 cm³/mol. The van der Waals surface area contributed by atoms with Crippen molar-refractivity contribution >= 4 is 9.84 Å². The lowest BCUT2D eigenvalue weighted by Crippen LogP contribution is -2.06. The highest BCUT2D eigenvalue weighted by Gasteiger charge is 2.12. The van der Waals surface area contributed by atoms with Gasteiger partial charge in [-0.1, -0.05) is 26.0 Å². The number of nitrogens with two attached hydrogens (primary N) is 1. The zero-order valence-electron chi connectivity index (χ0n) is 9.81. The summed E-state index contributed by atoms with van der Waals surface area (Å²) in [6, 6.07) is 7.12. The molecule has 16 heavy (non-hydrogen) atoms. The van der Waals surface area contributed by atoms with Gasteiger partial charge in [0.2, 0.25) is 0 Å². The fraction of sp³-hybridized carbons (Fsp3) is 0.500. The molecule has 0 amide bonds. The lowest BCUT2D eigenvalue weighted by atomic mass is 9.98. The highest BCUT2D eigenvalue weighted by molar-refractivity contribution is 7.91. The van der Waals surface area contributed by atoms with Crippen molar-refractivity contribution < 1.29 is 8.42 Å². The van der Waals surface area contributed by atoms with Gasteiger partial charge in [0, 0.05) is 0 Å². The molecule has 0 aliphatic rings. The van der Waals surface area contributed by atoms with Crippen molar-refractivity contribution in [3.8, 4) is 0 Å². The van der Waals surface area contributed by atoms with Gasteiger partial charge in [-0.2, -0.15) is 0 Å². The summed E-state index contributed by atoms with van der Waals surface area (Å²) in [5.41, 5.74) is 6.63.